The molecule has 3 aromatic heterocycles. The first kappa shape index (κ1) is 17.4. The van der Waals surface area contributed by atoms with E-state index in [1.807, 2.05) is 33.0 Å². The third-order valence-corrected chi connectivity index (χ3v) is 4.71. The second kappa shape index (κ2) is 6.96. The van der Waals surface area contributed by atoms with Crippen LogP contribution in [0.2, 0.25) is 0 Å². The maximum absolute atomic E-state index is 12.9. The molecule has 0 spiro atoms. The van der Waals surface area contributed by atoms with Crippen molar-refractivity contribution < 1.29 is 9.53 Å². The minimum absolute atomic E-state index is 0.215. The Morgan fingerprint density at radius 1 is 1.22 bits per heavy atom. The van der Waals surface area contributed by atoms with Crippen molar-refractivity contribution in [2.45, 2.75) is 13.8 Å². The highest BCUT2D eigenvalue weighted by Crippen LogP contribution is 2.23. The third kappa shape index (κ3) is 3.35. The van der Waals surface area contributed by atoms with Crippen LogP contribution in [0.1, 0.15) is 21.7 Å². The summed E-state index contributed by atoms with van der Waals surface area (Å²) in [5.41, 5.74) is 3.84. The Bertz CT molecular complexity index is 990. The number of amides is 1. The molecule has 1 N–H and O–H groups in total. The predicted octanol–water partition coefficient (Wildman–Crippen LogP) is 2.07. The minimum Gasteiger partial charge on any atom is -0.378 e. The zero-order valence-electron chi connectivity index (χ0n) is 15.7. The van der Waals surface area contributed by atoms with E-state index in [0.717, 1.165) is 48.8 Å². The quantitative estimate of drug-likeness (QED) is 0.764. The van der Waals surface area contributed by atoms with Gasteiger partial charge in [-0.25, -0.2) is 9.97 Å². The lowest BCUT2D eigenvalue weighted by Gasteiger charge is -2.28. The van der Waals surface area contributed by atoms with E-state index in [1.54, 1.807) is 16.9 Å². The molecule has 8 heteroatoms. The average Bonchev–Trinajstić information content (AvgIpc) is 2.96. The van der Waals surface area contributed by atoms with Gasteiger partial charge in [0.15, 0.2) is 5.65 Å². The maximum atomic E-state index is 12.9. The van der Waals surface area contributed by atoms with Crippen molar-refractivity contribution in [1.82, 2.24) is 19.7 Å². The smallest absolute Gasteiger partial charge is 0.257 e. The second-order valence-corrected chi connectivity index (χ2v) is 6.67. The fourth-order valence-corrected chi connectivity index (χ4v) is 3.40. The number of carbonyl (C=O) groups is 1. The Kier molecular flexibility index (Phi) is 4.49. The standard InChI is InChI=1S/C19H22N6O2/c1-12-10-15(17-13(2)23-24(3)18(17)21-12)19(26)22-16-5-4-14(11-20-16)25-6-8-27-9-7-25/h4-5,10-11H,6-9H2,1-3H3,(H,20,22,26). The highest BCUT2D eigenvalue weighted by molar-refractivity contribution is 6.12. The van der Waals surface area contributed by atoms with E-state index < -0.39 is 0 Å². The SMILES string of the molecule is Cc1cc(C(=O)Nc2ccc(N3CCOCC3)cn2)c2c(C)nn(C)c2n1. The summed E-state index contributed by atoms with van der Waals surface area (Å²) in [6.07, 6.45) is 1.78. The number of pyridine rings is 2. The van der Waals surface area contributed by atoms with Crippen molar-refractivity contribution in [3.8, 4) is 0 Å². The number of anilines is 2. The molecule has 1 saturated heterocycles. The molecule has 140 valence electrons. The Morgan fingerprint density at radius 3 is 2.70 bits per heavy atom. The van der Waals surface area contributed by atoms with E-state index in [0.29, 0.717) is 17.0 Å². The van der Waals surface area contributed by atoms with Gasteiger partial charge in [0.05, 0.1) is 41.7 Å². The van der Waals surface area contributed by atoms with Gasteiger partial charge in [-0.2, -0.15) is 5.10 Å². The fraction of sp³-hybridized carbons (Fsp3) is 0.368. The Labute approximate surface area is 157 Å². The van der Waals surface area contributed by atoms with Gasteiger partial charge in [-0.1, -0.05) is 0 Å². The minimum atomic E-state index is -0.215. The molecule has 8 nitrogen and oxygen atoms in total. The van der Waals surface area contributed by atoms with Gasteiger partial charge in [0.25, 0.3) is 5.91 Å². The molecular weight excluding hydrogens is 344 g/mol. The van der Waals surface area contributed by atoms with E-state index in [2.05, 4.69) is 25.3 Å². The first-order chi connectivity index (χ1) is 13.0. The molecule has 4 heterocycles. The van der Waals surface area contributed by atoms with Crippen LogP contribution in [0, 0.1) is 13.8 Å². The van der Waals surface area contributed by atoms with Gasteiger partial charge in [-0.3, -0.25) is 9.48 Å². The molecule has 4 rings (SSSR count). The molecule has 0 bridgehead atoms. The van der Waals surface area contributed by atoms with Gasteiger partial charge >= 0.3 is 0 Å². The molecule has 0 atom stereocenters. The normalized spacial score (nSPS) is 14.6. The van der Waals surface area contributed by atoms with Crippen LogP contribution in [-0.2, 0) is 11.8 Å². The lowest BCUT2D eigenvalue weighted by Crippen LogP contribution is -2.36. The molecule has 0 aliphatic carbocycles. The molecule has 0 unspecified atom stereocenters. The number of nitrogens with zero attached hydrogens (tertiary/aromatic N) is 5. The van der Waals surface area contributed by atoms with Crippen LogP contribution in [0.5, 0.6) is 0 Å². The molecule has 3 aromatic rings. The zero-order chi connectivity index (χ0) is 19.0. The summed E-state index contributed by atoms with van der Waals surface area (Å²) in [5, 5.41) is 8.04. The number of rotatable bonds is 3. The van der Waals surface area contributed by atoms with Crippen LogP contribution in [0.4, 0.5) is 11.5 Å². The van der Waals surface area contributed by atoms with Crippen molar-refractivity contribution in [2.75, 3.05) is 36.5 Å². The zero-order valence-corrected chi connectivity index (χ0v) is 15.7. The molecule has 1 aliphatic heterocycles. The molecule has 1 aliphatic rings. The van der Waals surface area contributed by atoms with E-state index in [1.165, 1.54) is 0 Å². The number of nitrogens with one attached hydrogen (secondary N) is 1. The number of carbonyl (C=O) groups excluding carboxylic acids is 1. The number of fused-ring (bicyclic) bond motifs is 1. The molecule has 0 radical (unpaired) electrons. The highest BCUT2D eigenvalue weighted by atomic mass is 16.5. The van der Waals surface area contributed by atoms with Gasteiger partial charge in [0, 0.05) is 25.8 Å². The van der Waals surface area contributed by atoms with Crippen molar-refractivity contribution in [3.63, 3.8) is 0 Å². The van der Waals surface area contributed by atoms with Crippen molar-refractivity contribution >= 4 is 28.4 Å². The molecule has 0 aromatic carbocycles. The molecule has 1 amide bonds. The topological polar surface area (TPSA) is 85.2 Å². The average molecular weight is 366 g/mol. The Hall–Kier alpha value is -3.00. The largest absolute Gasteiger partial charge is 0.378 e. The number of hydrogen-bond donors (Lipinski definition) is 1. The van der Waals surface area contributed by atoms with E-state index in [-0.39, 0.29) is 5.91 Å². The van der Waals surface area contributed by atoms with Crippen molar-refractivity contribution in [1.29, 1.82) is 0 Å². The highest BCUT2D eigenvalue weighted by Gasteiger charge is 2.18. The lowest BCUT2D eigenvalue weighted by atomic mass is 10.1. The molecule has 27 heavy (non-hydrogen) atoms. The van der Waals surface area contributed by atoms with Gasteiger partial charge in [-0.15, -0.1) is 0 Å². The number of morpholine rings is 1. The maximum Gasteiger partial charge on any atom is 0.257 e. The monoisotopic (exact) mass is 366 g/mol. The van der Waals surface area contributed by atoms with Gasteiger partial charge < -0.3 is 15.0 Å². The van der Waals surface area contributed by atoms with E-state index >= 15 is 0 Å². The number of hydrogen-bond acceptors (Lipinski definition) is 6. The first-order valence-electron chi connectivity index (χ1n) is 8.94. The predicted molar refractivity (Wildman–Crippen MR) is 103 cm³/mol. The van der Waals surface area contributed by atoms with Crippen LogP contribution >= 0.6 is 0 Å². The number of aryl methyl sites for hydroxylation is 3. The van der Waals surface area contributed by atoms with E-state index in [9.17, 15) is 4.79 Å². The summed E-state index contributed by atoms with van der Waals surface area (Å²) in [7, 11) is 1.83. The third-order valence-electron chi connectivity index (χ3n) is 4.71. The summed E-state index contributed by atoms with van der Waals surface area (Å²) in [5.74, 6) is 0.300. The number of aromatic nitrogens is 4. The fourth-order valence-electron chi connectivity index (χ4n) is 3.40. The molecule has 1 fully saturated rings. The summed E-state index contributed by atoms with van der Waals surface area (Å²) >= 11 is 0. The van der Waals surface area contributed by atoms with Gasteiger partial charge in [-0.05, 0) is 32.0 Å². The van der Waals surface area contributed by atoms with Crippen LogP contribution in [-0.4, -0.2) is 52.0 Å². The Morgan fingerprint density at radius 2 is 2.00 bits per heavy atom. The second-order valence-electron chi connectivity index (χ2n) is 6.67. The Balaban J connectivity index is 1.58. The summed E-state index contributed by atoms with van der Waals surface area (Å²) in [6, 6.07) is 5.58. The van der Waals surface area contributed by atoms with Crippen molar-refractivity contribution in [2.24, 2.45) is 7.05 Å². The van der Waals surface area contributed by atoms with Crippen LogP contribution in [0.25, 0.3) is 11.0 Å². The van der Waals surface area contributed by atoms with E-state index in [4.69, 9.17) is 4.74 Å². The summed E-state index contributed by atoms with van der Waals surface area (Å²) in [6.45, 7) is 6.89. The van der Waals surface area contributed by atoms with Crippen molar-refractivity contribution in [3.05, 3.63) is 41.3 Å². The number of ether oxygens (including phenoxy) is 1. The van der Waals surface area contributed by atoms with Crippen LogP contribution < -0.4 is 10.2 Å². The summed E-state index contributed by atoms with van der Waals surface area (Å²) in [4.78, 5) is 24.0. The van der Waals surface area contributed by atoms with Crippen LogP contribution in [0.3, 0.4) is 0 Å². The lowest BCUT2D eigenvalue weighted by molar-refractivity contribution is 0.102. The summed E-state index contributed by atoms with van der Waals surface area (Å²) < 4.78 is 7.07. The molecular formula is C19H22N6O2. The molecule has 0 saturated carbocycles. The van der Waals surface area contributed by atoms with Gasteiger partial charge in [0.1, 0.15) is 5.82 Å². The van der Waals surface area contributed by atoms with Gasteiger partial charge in [0.2, 0.25) is 0 Å². The first-order valence-corrected chi connectivity index (χ1v) is 8.94. The van der Waals surface area contributed by atoms with Crippen LogP contribution in [0.15, 0.2) is 24.4 Å².